The zero-order valence-electron chi connectivity index (χ0n) is 20.7. The first-order valence-electron chi connectivity index (χ1n) is 12.5. The molecule has 0 saturated carbocycles. The van der Waals surface area contributed by atoms with Crippen LogP contribution in [-0.4, -0.2) is 34.4 Å². The van der Waals surface area contributed by atoms with E-state index in [2.05, 4.69) is 5.32 Å². The molecule has 0 saturated heterocycles. The Morgan fingerprint density at radius 3 is 2.55 bits per heavy atom. The lowest BCUT2D eigenvalue weighted by atomic mass is 9.97. The van der Waals surface area contributed by atoms with Crippen molar-refractivity contribution in [3.63, 3.8) is 0 Å². The van der Waals surface area contributed by atoms with Gasteiger partial charge in [-0.2, -0.15) is 8.78 Å². The Kier molecular flexibility index (Phi) is 5.87. The summed E-state index contributed by atoms with van der Waals surface area (Å²) in [5, 5.41) is 3.23. The Labute approximate surface area is 217 Å². The van der Waals surface area contributed by atoms with Crippen molar-refractivity contribution < 1.29 is 27.3 Å². The summed E-state index contributed by atoms with van der Waals surface area (Å²) in [4.78, 5) is 17.7. The van der Waals surface area contributed by atoms with Crippen molar-refractivity contribution in [3.8, 4) is 16.9 Å². The first kappa shape index (κ1) is 24.7. The first-order valence-corrected chi connectivity index (χ1v) is 14.6. The Hall–Kier alpha value is -3.58. The monoisotopic (exact) mass is 539 g/mol. The number of rotatable bonds is 6. The van der Waals surface area contributed by atoms with Gasteiger partial charge in [0.1, 0.15) is 24.5 Å². The van der Waals surface area contributed by atoms with Crippen LogP contribution in [0.15, 0.2) is 54.6 Å². The molecule has 196 valence electrons. The van der Waals surface area contributed by atoms with Crippen molar-refractivity contribution in [1.29, 1.82) is 0 Å². The number of carbonyl (C=O) groups is 1. The molecule has 38 heavy (non-hydrogen) atoms. The molecule has 0 radical (unpaired) electrons. The largest absolute Gasteiger partial charge is 0.434 e. The van der Waals surface area contributed by atoms with Crippen molar-refractivity contribution in [1.82, 2.24) is 14.9 Å². The van der Waals surface area contributed by atoms with Crippen LogP contribution < -0.4 is 15.4 Å². The number of benzene rings is 3. The van der Waals surface area contributed by atoms with Crippen molar-refractivity contribution in [3.05, 3.63) is 77.4 Å². The van der Waals surface area contributed by atoms with E-state index in [-0.39, 0.29) is 22.5 Å². The molecular weight excluding hydrogens is 514 g/mol. The minimum atomic E-state index is -3.04. The Morgan fingerprint density at radius 2 is 1.84 bits per heavy atom. The zero-order chi connectivity index (χ0) is 26.8. The van der Waals surface area contributed by atoms with Gasteiger partial charge in [-0.15, -0.1) is 0 Å². The van der Waals surface area contributed by atoms with Crippen LogP contribution in [0.4, 0.5) is 13.2 Å². The van der Waals surface area contributed by atoms with Crippen LogP contribution >= 0.6 is 7.14 Å². The number of amides is 1. The molecular formula is C28H25F3N3O3P. The molecule has 10 heteroatoms. The van der Waals surface area contributed by atoms with E-state index in [0.717, 1.165) is 11.1 Å². The fourth-order valence-corrected chi connectivity index (χ4v) is 7.70. The molecule has 4 aromatic rings. The van der Waals surface area contributed by atoms with Gasteiger partial charge in [0, 0.05) is 28.8 Å². The first-order chi connectivity index (χ1) is 18.2. The second-order valence-electron chi connectivity index (χ2n) is 9.60. The van der Waals surface area contributed by atoms with Crippen molar-refractivity contribution >= 4 is 29.4 Å². The molecule has 0 unspecified atom stereocenters. The summed E-state index contributed by atoms with van der Waals surface area (Å²) in [7, 11) is -2.78. The van der Waals surface area contributed by atoms with Gasteiger partial charge in [-0.3, -0.25) is 4.79 Å². The van der Waals surface area contributed by atoms with Crippen LogP contribution in [0.2, 0.25) is 0 Å². The number of ether oxygens (including phenoxy) is 1. The summed E-state index contributed by atoms with van der Waals surface area (Å²) in [6, 6.07) is 14.0. The van der Waals surface area contributed by atoms with Crippen LogP contribution in [0.25, 0.3) is 22.2 Å². The Morgan fingerprint density at radius 1 is 1.11 bits per heavy atom. The molecule has 2 aliphatic heterocycles. The number of halogens is 3. The minimum Gasteiger partial charge on any atom is -0.434 e. The number of fused-ring (bicyclic) bond motifs is 9. The number of alkyl halides is 2. The van der Waals surface area contributed by atoms with Gasteiger partial charge < -0.3 is 19.2 Å². The molecule has 2 bridgehead atoms. The molecule has 0 fully saturated rings. The van der Waals surface area contributed by atoms with E-state index in [1.165, 1.54) is 18.2 Å². The van der Waals surface area contributed by atoms with E-state index in [4.69, 9.17) is 9.72 Å². The van der Waals surface area contributed by atoms with Gasteiger partial charge in [0.25, 0.3) is 5.91 Å². The van der Waals surface area contributed by atoms with Crippen LogP contribution in [0, 0.1) is 5.82 Å². The minimum absolute atomic E-state index is 0.0434. The van der Waals surface area contributed by atoms with Gasteiger partial charge in [0.05, 0.1) is 23.1 Å². The van der Waals surface area contributed by atoms with E-state index >= 15 is 4.39 Å². The van der Waals surface area contributed by atoms with E-state index in [0.29, 0.717) is 41.2 Å². The zero-order valence-corrected chi connectivity index (χ0v) is 21.6. The average molecular weight is 539 g/mol. The third-order valence-electron chi connectivity index (χ3n) is 7.71. The topological polar surface area (TPSA) is 73.2 Å². The van der Waals surface area contributed by atoms with Crippen molar-refractivity contribution in [2.45, 2.75) is 39.0 Å². The molecule has 6 rings (SSSR count). The summed E-state index contributed by atoms with van der Waals surface area (Å²) in [5.74, 6) is -0.274. The third-order valence-corrected chi connectivity index (χ3v) is 11.0. The van der Waals surface area contributed by atoms with Crippen molar-refractivity contribution in [2.24, 2.45) is 0 Å². The van der Waals surface area contributed by atoms with E-state index in [1.807, 2.05) is 36.6 Å². The molecule has 6 nitrogen and oxygen atoms in total. The highest BCUT2D eigenvalue weighted by Gasteiger charge is 2.42. The molecule has 0 spiro atoms. The SMILES string of the molecule is CCP(=O)(CC)c1ccc(-c2ccc3nc4n(c3c2)[C@@H]2C[C@H]4NC(=O)c3cccc(OC(F)F)c32)cc1F. The molecule has 2 aliphatic rings. The maximum absolute atomic E-state index is 15.1. The summed E-state index contributed by atoms with van der Waals surface area (Å²) < 4.78 is 61.5. The number of nitrogens with one attached hydrogen (secondary N) is 1. The summed E-state index contributed by atoms with van der Waals surface area (Å²) >= 11 is 0. The number of nitrogens with zero attached hydrogens (tertiary/aromatic N) is 2. The fourth-order valence-electron chi connectivity index (χ4n) is 5.77. The number of hydrogen-bond acceptors (Lipinski definition) is 4. The maximum atomic E-state index is 15.1. The standard InChI is InChI=1S/C28H25F3N3O3P/c1-3-38(36,4-2)24-11-9-15(12-18(24)29)16-8-10-19-21(13-16)34-22-14-20(26(34)32-19)33-27(35)17-6-5-7-23(25(17)22)37-28(30)31/h5-13,20,22,28H,3-4,14H2,1-2H3,(H,33,35)/t20-,22-/m1/s1. The summed E-state index contributed by atoms with van der Waals surface area (Å²) in [5.41, 5.74) is 3.43. The smallest absolute Gasteiger partial charge is 0.387 e. The lowest BCUT2D eigenvalue weighted by Gasteiger charge is -2.21. The summed E-state index contributed by atoms with van der Waals surface area (Å²) in [6.07, 6.45) is 1.23. The highest BCUT2D eigenvalue weighted by molar-refractivity contribution is 7.71. The Bertz CT molecular complexity index is 1640. The number of carbonyl (C=O) groups excluding carboxylic acids is 1. The number of imidazole rings is 1. The molecule has 0 aliphatic carbocycles. The van der Waals surface area contributed by atoms with Crippen LogP contribution in [0.5, 0.6) is 5.75 Å². The summed E-state index contributed by atoms with van der Waals surface area (Å²) in [6.45, 7) is 0.579. The van der Waals surface area contributed by atoms with E-state index < -0.39 is 31.7 Å². The fraction of sp³-hybridized carbons (Fsp3) is 0.286. The Balaban J connectivity index is 1.49. The molecule has 1 amide bonds. The highest BCUT2D eigenvalue weighted by Crippen LogP contribution is 2.48. The second kappa shape index (κ2) is 9.02. The van der Waals surface area contributed by atoms with E-state index in [9.17, 15) is 18.1 Å². The molecule has 2 atom stereocenters. The van der Waals surface area contributed by atoms with Gasteiger partial charge in [-0.1, -0.05) is 32.0 Å². The van der Waals surface area contributed by atoms with Crippen LogP contribution in [-0.2, 0) is 4.57 Å². The quantitative estimate of drug-likeness (QED) is 0.294. The lowest BCUT2D eigenvalue weighted by molar-refractivity contribution is -0.0507. The second-order valence-corrected chi connectivity index (χ2v) is 13.1. The van der Waals surface area contributed by atoms with Gasteiger partial charge in [-0.25, -0.2) is 9.37 Å². The average Bonchev–Trinajstić information content (AvgIpc) is 3.39. The van der Waals surface area contributed by atoms with Gasteiger partial charge in [-0.05, 0) is 53.9 Å². The van der Waals surface area contributed by atoms with Crippen LogP contribution in [0.3, 0.4) is 0 Å². The maximum Gasteiger partial charge on any atom is 0.387 e. The van der Waals surface area contributed by atoms with E-state index in [1.54, 1.807) is 18.2 Å². The lowest BCUT2D eigenvalue weighted by Crippen LogP contribution is -2.28. The normalized spacial score (nSPS) is 18.3. The molecule has 3 heterocycles. The van der Waals surface area contributed by atoms with Gasteiger partial charge >= 0.3 is 6.61 Å². The third kappa shape index (κ3) is 3.75. The van der Waals surface area contributed by atoms with Gasteiger partial charge in [0.15, 0.2) is 0 Å². The predicted molar refractivity (Wildman–Crippen MR) is 139 cm³/mol. The van der Waals surface area contributed by atoms with Gasteiger partial charge in [0.2, 0.25) is 0 Å². The number of aromatic nitrogens is 2. The molecule has 1 aromatic heterocycles. The van der Waals surface area contributed by atoms with Crippen LogP contribution in [0.1, 0.15) is 54.1 Å². The molecule has 3 aromatic carbocycles. The number of hydrogen-bond donors (Lipinski definition) is 1. The van der Waals surface area contributed by atoms with Crippen molar-refractivity contribution in [2.75, 3.05) is 12.3 Å². The highest BCUT2D eigenvalue weighted by atomic mass is 31.2. The predicted octanol–water partition coefficient (Wildman–Crippen LogP) is 6.25. The molecule has 1 N–H and O–H groups in total.